The van der Waals surface area contributed by atoms with Gasteiger partial charge in [0.2, 0.25) is 10.0 Å². The van der Waals surface area contributed by atoms with Crippen LogP contribution in [0.25, 0.3) is 0 Å². The van der Waals surface area contributed by atoms with Crippen molar-refractivity contribution in [3.05, 3.63) is 29.1 Å². The van der Waals surface area contributed by atoms with Gasteiger partial charge in [0.1, 0.15) is 5.82 Å². The molecule has 0 aromatic heterocycles. The summed E-state index contributed by atoms with van der Waals surface area (Å²) in [6, 6.07) is 2.46. The molecule has 0 aliphatic carbocycles. The van der Waals surface area contributed by atoms with Crippen LogP contribution in [0.3, 0.4) is 0 Å². The van der Waals surface area contributed by atoms with Crippen molar-refractivity contribution in [3.8, 4) is 0 Å². The summed E-state index contributed by atoms with van der Waals surface area (Å²) in [5, 5.41) is 9.06. The predicted octanol–water partition coefficient (Wildman–Crippen LogP) is 2.73. The number of aliphatic hydroxyl groups excluding tert-OH is 1. The summed E-state index contributed by atoms with van der Waals surface area (Å²) in [4.78, 5) is -0.101. The predicted molar refractivity (Wildman–Crippen MR) is 80.9 cm³/mol. The zero-order valence-electron chi connectivity index (χ0n) is 12.8. The smallest absolute Gasteiger partial charge is 0.240 e. The molecule has 0 saturated carbocycles. The number of halogens is 1. The molecule has 1 aromatic rings. The Morgan fingerprint density at radius 2 is 1.95 bits per heavy atom. The number of nitrogens with one attached hydrogen (secondary N) is 1. The van der Waals surface area contributed by atoms with Gasteiger partial charge in [-0.25, -0.2) is 17.5 Å². The number of sulfonamides is 1. The summed E-state index contributed by atoms with van der Waals surface area (Å²) in [5.74, 6) is -0.0269. The van der Waals surface area contributed by atoms with Gasteiger partial charge in [0.05, 0.1) is 11.5 Å². The maximum absolute atomic E-state index is 13.7. The molecule has 120 valence electrons. The van der Waals surface area contributed by atoms with Gasteiger partial charge < -0.3 is 5.11 Å². The van der Waals surface area contributed by atoms with Crippen LogP contribution in [0, 0.1) is 18.7 Å². The van der Waals surface area contributed by atoms with Crippen molar-refractivity contribution in [2.45, 2.75) is 51.5 Å². The molecule has 0 amide bonds. The Kier molecular flexibility index (Phi) is 6.77. The van der Waals surface area contributed by atoms with Crippen LogP contribution in [0.15, 0.2) is 17.0 Å². The molecule has 0 bridgehead atoms. The highest BCUT2D eigenvalue weighted by atomic mass is 32.2. The minimum absolute atomic E-state index is 0.0712. The van der Waals surface area contributed by atoms with Gasteiger partial charge in [0.15, 0.2) is 0 Å². The quantitative estimate of drug-likeness (QED) is 0.725. The summed E-state index contributed by atoms with van der Waals surface area (Å²) in [6.45, 7) is 5.60. The number of hydrogen-bond donors (Lipinski definition) is 2. The van der Waals surface area contributed by atoms with E-state index in [1.54, 1.807) is 0 Å². The Balaban J connectivity index is 2.76. The number of benzene rings is 1. The third kappa shape index (κ3) is 5.37. The second-order valence-corrected chi connectivity index (χ2v) is 7.38. The van der Waals surface area contributed by atoms with Gasteiger partial charge in [-0.15, -0.1) is 0 Å². The number of aliphatic hydroxyl groups is 1. The fourth-order valence-electron chi connectivity index (χ4n) is 2.04. The van der Waals surface area contributed by atoms with Gasteiger partial charge in [-0.3, -0.25) is 0 Å². The van der Waals surface area contributed by atoms with Gasteiger partial charge in [0.25, 0.3) is 0 Å². The molecule has 0 aliphatic rings. The Hall–Kier alpha value is -0.980. The van der Waals surface area contributed by atoms with Gasteiger partial charge in [-0.05, 0) is 37.0 Å². The summed E-state index contributed by atoms with van der Waals surface area (Å²) in [5.41, 5.74) is 0.320. The molecule has 1 rings (SSSR count). The van der Waals surface area contributed by atoms with E-state index in [0.717, 1.165) is 25.3 Å². The van der Waals surface area contributed by atoms with Crippen molar-refractivity contribution in [2.24, 2.45) is 5.92 Å². The van der Waals surface area contributed by atoms with E-state index in [9.17, 15) is 12.8 Å². The largest absolute Gasteiger partial charge is 0.392 e. The molecule has 0 saturated heterocycles. The molecule has 6 heteroatoms. The van der Waals surface area contributed by atoms with E-state index in [-0.39, 0.29) is 16.0 Å². The number of rotatable bonds is 8. The third-order valence-electron chi connectivity index (χ3n) is 3.33. The second kappa shape index (κ2) is 7.87. The first-order chi connectivity index (χ1) is 9.77. The van der Waals surface area contributed by atoms with E-state index < -0.39 is 22.4 Å². The molecule has 0 aliphatic heterocycles. The molecular formula is C15H24FNO3S. The molecule has 21 heavy (non-hydrogen) atoms. The van der Waals surface area contributed by atoms with E-state index in [0.29, 0.717) is 12.5 Å². The lowest BCUT2D eigenvalue weighted by Gasteiger charge is -2.12. The van der Waals surface area contributed by atoms with Gasteiger partial charge in [-0.2, -0.15) is 0 Å². The highest BCUT2D eigenvalue weighted by Gasteiger charge is 2.19. The number of hydrogen-bond acceptors (Lipinski definition) is 3. The highest BCUT2D eigenvalue weighted by molar-refractivity contribution is 7.89. The highest BCUT2D eigenvalue weighted by Crippen LogP contribution is 2.20. The maximum Gasteiger partial charge on any atom is 0.240 e. The fourth-order valence-corrected chi connectivity index (χ4v) is 3.41. The average Bonchev–Trinajstić information content (AvgIpc) is 2.40. The summed E-state index contributed by atoms with van der Waals surface area (Å²) in [6.07, 6.45) is 2.75. The standard InChI is InChI=1S/C15H24FNO3S/c1-11(2)6-4-5-7-17-21(19,20)15-9-13(10-18)8-14(16)12(15)3/h8-9,11,17-18H,4-7,10H2,1-3H3. The summed E-state index contributed by atoms with van der Waals surface area (Å²) >= 11 is 0. The zero-order chi connectivity index (χ0) is 16.0. The van der Waals surface area contributed by atoms with Gasteiger partial charge in [-0.1, -0.05) is 26.7 Å². The van der Waals surface area contributed by atoms with Crippen LogP contribution < -0.4 is 4.72 Å². The van der Waals surface area contributed by atoms with E-state index >= 15 is 0 Å². The molecule has 0 atom stereocenters. The topological polar surface area (TPSA) is 66.4 Å². The van der Waals surface area contributed by atoms with Crippen molar-refractivity contribution in [2.75, 3.05) is 6.54 Å². The Morgan fingerprint density at radius 3 is 2.52 bits per heavy atom. The van der Waals surface area contributed by atoms with E-state index in [2.05, 4.69) is 18.6 Å². The number of unbranched alkanes of at least 4 members (excludes halogenated alkanes) is 1. The molecule has 1 aromatic carbocycles. The Bertz CT molecular complexity index is 571. The van der Waals surface area contributed by atoms with Crippen LogP contribution in [0.4, 0.5) is 4.39 Å². The van der Waals surface area contributed by atoms with Crippen LogP contribution in [0.1, 0.15) is 44.2 Å². The summed E-state index contributed by atoms with van der Waals surface area (Å²) in [7, 11) is -3.75. The van der Waals surface area contributed by atoms with Crippen molar-refractivity contribution in [3.63, 3.8) is 0 Å². The van der Waals surface area contributed by atoms with Crippen molar-refractivity contribution < 1.29 is 17.9 Å². The minimum atomic E-state index is -3.75. The normalized spacial score (nSPS) is 12.1. The summed E-state index contributed by atoms with van der Waals surface area (Å²) < 4.78 is 40.6. The Morgan fingerprint density at radius 1 is 1.29 bits per heavy atom. The van der Waals surface area contributed by atoms with E-state index in [1.807, 2.05) is 0 Å². The SMILES string of the molecule is Cc1c(F)cc(CO)cc1S(=O)(=O)NCCCCC(C)C. The van der Waals surface area contributed by atoms with E-state index in [1.165, 1.54) is 13.0 Å². The van der Waals surface area contributed by atoms with Crippen LogP contribution in [-0.4, -0.2) is 20.1 Å². The molecule has 0 radical (unpaired) electrons. The maximum atomic E-state index is 13.7. The first-order valence-electron chi connectivity index (χ1n) is 7.17. The van der Waals surface area contributed by atoms with Crippen LogP contribution >= 0.6 is 0 Å². The lowest BCUT2D eigenvalue weighted by Crippen LogP contribution is -2.26. The molecular weight excluding hydrogens is 293 g/mol. The second-order valence-electron chi connectivity index (χ2n) is 5.65. The molecule has 0 fully saturated rings. The molecule has 0 spiro atoms. The monoisotopic (exact) mass is 317 g/mol. The first-order valence-corrected chi connectivity index (χ1v) is 8.65. The van der Waals surface area contributed by atoms with Crippen LogP contribution in [0.5, 0.6) is 0 Å². The molecule has 2 N–H and O–H groups in total. The van der Waals surface area contributed by atoms with Crippen molar-refractivity contribution >= 4 is 10.0 Å². The fraction of sp³-hybridized carbons (Fsp3) is 0.600. The lowest BCUT2D eigenvalue weighted by atomic mass is 10.1. The Labute approximate surface area is 126 Å². The molecule has 0 unspecified atom stereocenters. The van der Waals surface area contributed by atoms with Crippen LogP contribution in [0.2, 0.25) is 0 Å². The van der Waals surface area contributed by atoms with Crippen molar-refractivity contribution in [1.29, 1.82) is 0 Å². The minimum Gasteiger partial charge on any atom is -0.392 e. The van der Waals surface area contributed by atoms with Crippen molar-refractivity contribution in [1.82, 2.24) is 4.72 Å². The van der Waals surface area contributed by atoms with Crippen LogP contribution in [-0.2, 0) is 16.6 Å². The van der Waals surface area contributed by atoms with Gasteiger partial charge in [0, 0.05) is 12.1 Å². The first kappa shape index (κ1) is 18.1. The molecule has 4 nitrogen and oxygen atoms in total. The lowest BCUT2D eigenvalue weighted by molar-refractivity contribution is 0.281. The van der Waals surface area contributed by atoms with E-state index in [4.69, 9.17) is 5.11 Å². The third-order valence-corrected chi connectivity index (χ3v) is 4.92. The molecule has 0 heterocycles. The zero-order valence-corrected chi connectivity index (χ0v) is 13.6. The van der Waals surface area contributed by atoms with Gasteiger partial charge >= 0.3 is 0 Å². The average molecular weight is 317 g/mol.